The zero-order chi connectivity index (χ0) is 17.1. The molecule has 2 aromatic carbocycles. The summed E-state index contributed by atoms with van der Waals surface area (Å²) < 4.78 is 11.9. The Kier molecular flexibility index (Phi) is 7.45. The van der Waals surface area contributed by atoms with Gasteiger partial charge in [-0.25, -0.2) is 12.1 Å². The second-order valence-corrected chi connectivity index (χ2v) is 7.12. The van der Waals surface area contributed by atoms with Crippen LogP contribution < -0.4 is 0 Å². The van der Waals surface area contributed by atoms with Crippen LogP contribution in [0.15, 0.2) is 48.5 Å². The molecule has 1 heterocycles. The van der Waals surface area contributed by atoms with Gasteiger partial charge in [-0.2, -0.15) is 18.7 Å². The molecule has 0 aliphatic carbocycles. The van der Waals surface area contributed by atoms with Gasteiger partial charge >= 0.3 is 0 Å². The van der Waals surface area contributed by atoms with Crippen LogP contribution >= 0.6 is 0 Å². The van der Waals surface area contributed by atoms with Crippen LogP contribution in [0.2, 0.25) is 0 Å². The summed E-state index contributed by atoms with van der Waals surface area (Å²) in [6, 6.07) is 16.5. The Bertz CT molecular complexity index is 575. The van der Waals surface area contributed by atoms with E-state index in [1.165, 1.54) is 5.56 Å². The SMILES string of the molecule is CC1OC(C)([c-]2cccc2)OC1(C)C.CN(C)C[c-]1[cH-][cH-][cH-][cH-]1.[Fe]. The third kappa shape index (κ3) is 5.30. The van der Waals surface area contributed by atoms with Crippen molar-refractivity contribution < 1.29 is 26.5 Å². The topological polar surface area (TPSA) is 21.7 Å². The first-order valence-corrected chi connectivity index (χ1v) is 8.18. The maximum Gasteiger partial charge on any atom is 0.147 e. The van der Waals surface area contributed by atoms with Crippen molar-refractivity contribution in [2.75, 3.05) is 14.1 Å². The van der Waals surface area contributed by atoms with Crippen LogP contribution in [0, 0.1) is 0 Å². The third-order valence-corrected chi connectivity index (χ3v) is 4.26. The van der Waals surface area contributed by atoms with E-state index in [1.807, 2.05) is 38.1 Å². The molecule has 3 rings (SSSR count). The van der Waals surface area contributed by atoms with Crippen LogP contribution in [0.5, 0.6) is 0 Å². The molecule has 0 spiro atoms. The van der Waals surface area contributed by atoms with E-state index in [-0.39, 0.29) is 28.8 Å². The van der Waals surface area contributed by atoms with Crippen molar-refractivity contribution in [3.8, 4) is 0 Å². The molecule has 1 aliphatic rings. The number of hydrogen-bond donors (Lipinski definition) is 0. The molecule has 0 saturated carbocycles. The summed E-state index contributed by atoms with van der Waals surface area (Å²) in [6.07, 6.45) is 0.113. The molecule has 0 radical (unpaired) electrons. The molecule has 2 aromatic rings. The second-order valence-electron chi connectivity index (χ2n) is 7.12. The van der Waals surface area contributed by atoms with E-state index in [9.17, 15) is 0 Å². The Morgan fingerprint density at radius 2 is 1.62 bits per heavy atom. The normalized spacial score (nSPS) is 25.0. The third-order valence-electron chi connectivity index (χ3n) is 4.26. The first kappa shape index (κ1) is 21.1. The van der Waals surface area contributed by atoms with Crippen molar-refractivity contribution in [1.29, 1.82) is 0 Å². The van der Waals surface area contributed by atoms with Gasteiger partial charge in [0.2, 0.25) is 0 Å². The Morgan fingerprint density at radius 1 is 1.08 bits per heavy atom. The van der Waals surface area contributed by atoms with Gasteiger partial charge in [-0.15, -0.1) is 5.56 Å². The van der Waals surface area contributed by atoms with E-state index >= 15 is 0 Å². The predicted molar refractivity (Wildman–Crippen MR) is 94.5 cm³/mol. The molecule has 3 nitrogen and oxygen atoms in total. The molecule has 0 aromatic heterocycles. The van der Waals surface area contributed by atoms with Crippen molar-refractivity contribution in [1.82, 2.24) is 4.90 Å². The van der Waals surface area contributed by atoms with E-state index in [1.54, 1.807) is 0 Å². The summed E-state index contributed by atoms with van der Waals surface area (Å²) in [5.74, 6) is -0.577. The zero-order valence-electron chi connectivity index (χ0n) is 15.5. The van der Waals surface area contributed by atoms with Crippen LogP contribution in [0.4, 0.5) is 0 Å². The van der Waals surface area contributed by atoms with Gasteiger partial charge in [-0.05, 0) is 41.8 Å². The summed E-state index contributed by atoms with van der Waals surface area (Å²) in [7, 11) is 4.15. The van der Waals surface area contributed by atoms with Crippen molar-refractivity contribution in [3.05, 3.63) is 59.7 Å². The van der Waals surface area contributed by atoms with E-state index in [0.717, 1.165) is 12.1 Å². The molecule has 0 bridgehead atoms. The van der Waals surface area contributed by atoms with E-state index in [2.05, 4.69) is 57.1 Å². The Morgan fingerprint density at radius 3 is 2.04 bits per heavy atom. The van der Waals surface area contributed by atoms with E-state index in [0.29, 0.717) is 0 Å². The van der Waals surface area contributed by atoms with Gasteiger partial charge in [0.25, 0.3) is 0 Å². The molecule has 2 atom stereocenters. The van der Waals surface area contributed by atoms with Crippen LogP contribution in [0.3, 0.4) is 0 Å². The molecule has 1 saturated heterocycles. The van der Waals surface area contributed by atoms with Gasteiger partial charge in [0.15, 0.2) is 0 Å². The fraction of sp³-hybridized carbons (Fsp3) is 0.500. The van der Waals surface area contributed by atoms with Gasteiger partial charge in [0, 0.05) is 17.1 Å². The van der Waals surface area contributed by atoms with Crippen molar-refractivity contribution in [2.45, 2.75) is 51.7 Å². The Balaban J connectivity index is 0.000000252. The summed E-state index contributed by atoms with van der Waals surface area (Å²) in [6.45, 7) is 9.20. The molecule has 2 unspecified atom stereocenters. The van der Waals surface area contributed by atoms with E-state index < -0.39 is 5.79 Å². The minimum atomic E-state index is -0.577. The maximum atomic E-state index is 5.97. The molecule has 0 amide bonds. The van der Waals surface area contributed by atoms with Gasteiger partial charge < -0.3 is 44.2 Å². The quantitative estimate of drug-likeness (QED) is 0.595. The van der Waals surface area contributed by atoms with Crippen LogP contribution in [0.25, 0.3) is 0 Å². The average molecular weight is 371 g/mol. The molecule has 4 heteroatoms. The fourth-order valence-electron chi connectivity index (χ4n) is 2.78. The minimum Gasteiger partial charge on any atom is -0.748 e. The Labute approximate surface area is 157 Å². The van der Waals surface area contributed by atoms with Gasteiger partial charge in [-0.1, -0.05) is 0 Å². The van der Waals surface area contributed by atoms with Crippen molar-refractivity contribution >= 4 is 0 Å². The molecule has 1 fully saturated rings. The summed E-state index contributed by atoms with van der Waals surface area (Å²) >= 11 is 0. The zero-order valence-corrected chi connectivity index (χ0v) is 16.6. The average Bonchev–Trinajstić information content (AvgIpc) is 3.12. The molecular formula is C20H29FeNO2-6. The first-order chi connectivity index (χ1) is 10.7. The second kappa shape index (κ2) is 8.46. The smallest absolute Gasteiger partial charge is 0.147 e. The summed E-state index contributed by atoms with van der Waals surface area (Å²) in [5, 5.41) is 0. The van der Waals surface area contributed by atoms with Crippen LogP contribution in [0.1, 0.15) is 38.8 Å². The van der Waals surface area contributed by atoms with Gasteiger partial charge in [-0.3, -0.25) is 0 Å². The molecule has 140 valence electrons. The fourth-order valence-corrected chi connectivity index (χ4v) is 2.78. The van der Waals surface area contributed by atoms with Gasteiger partial charge in [0.05, 0.1) is 11.7 Å². The summed E-state index contributed by atoms with van der Waals surface area (Å²) in [5.41, 5.74) is 2.27. The largest absolute Gasteiger partial charge is 0.748 e. The predicted octanol–water partition coefficient (Wildman–Crippen LogP) is 4.26. The number of nitrogens with zero attached hydrogens (tertiary/aromatic N) is 1. The van der Waals surface area contributed by atoms with Crippen LogP contribution in [-0.4, -0.2) is 30.7 Å². The standard InChI is InChI=1S/C12H17O2.C8H12N.Fe/c1-9-11(2,3)14-12(4,13-9)10-7-5-6-8-10;1-9(2)7-8-5-3-4-6-8;/h5-9H,1-4H3;3-6H,7H2,1-2H3;/q-1;-5;. The van der Waals surface area contributed by atoms with Gasteiger partial charge in [0.1, 0.15) is 5.79 Å². The number of ether oxygens (including phenoxy) is 2. The molecule has 0 N–H and O–H groups in total. The first-order valence-electron chi connectivity index (χ1n) is 8.18. The molecule has 24 heavy (non-hydrogen) atoms. The van der Waals surface area contributed by atoms with Crippen molar-refractivity contribution in [3.63, 3.8) is 0 Å². The number of hydrogen-bond acceptors (Lipinski definition) is 3. The Hall–Kier alpha value is -0.901. The number of rotatable bonds is 3. The monoisotopic (exact) mass is 371 g/mol. The minimum absolute atomic E-state index is 0. The molecular weight excluding hydrogens is 342 g/mol. The van der Waals surface area contributed by atoms with Crippen LogP contribution in [-0.2, 0) is 38.9 Å². The molecule has 1 aliphatic heterocycles. The summed E-state index contributed by atoms with van der Waals surface area (Å²) in [4.78, 5) is 2.16. The van der Waals surface area contributed by atoms with E-state index in [4.69, 9.17) is 9.47 Å². The maximum absolute atomic E-state index is 5.97. The van der Waals surface area contributed by atoms with Crippen molar-refractivity contribution in [2.24, 2.45) is 0 Å².